The number of carbonyl (C=O) groups excluding carboxylic acids is 3. The molecule has 0 saturated heterocycles. The van der Waals surface area contributed by atoms with E-state index in [-0.39, 0.29) is 18.9 Å². The number of nitrogens with zero attached hydrogens (tertiary/aromatic N) is 1. The predicted octanol–water partition coefficient (Wildman–Crippen LogP) is 4.09. The van der Waals surface area contributed by atoms with Gasteiger partial charge in [-0.05, 0) is 42.3 Å². The van der Waals surface area contributed by atoms with Crippen LogP contribution in [0.1, 0.15) is 40.7 Å². The van der Waals surface area contributed by atoms with Crippen molar-refractivity contribution in [3.63, 3.8) is 0 Å². The van der Waals surface area contributed by atoms with Crippen LogP contribution in [-0.2, 0) is 25.6 Å². The molecule has 156 valence electrons. The Bertz CT molecular complexity index is 1030. The summed E-state index contributed by atoms with van der Waals surface area (Å²) in [6.45, 7) is 1.95. The molecule has 0 radical (unpaired) electrons. The van der Waals surface area contributed by atoms with Crippen LogP contribution < -0.4 is 0 Å². The summed E-state index contributed by atoms with van der Waals surface area (Å²) in [7, 11) is 2.63. The van der Waals surface area contributed by atoms with Crippen LogP contribution in [0.15, 0.2) is 59.8 Å². The highest BCUT2D eigenvalue weighted by Gasteiger charge is 2.36. The first-order valence-corrected chi connectivity index (χ1v) is 9.75. The number of ether oxygens (including phenoxy) is 2. The Kier molecular flexibility index (Phi) is 6.57. The smallest absolute Gasteiger partial charge is 0.337 e. The standard InChI is InChI=1S/C23H22ClNO5/c1-14-21(23(28)30-3)19(16-7-5-9-18(24)11-16)12-20(26)25(14)13-15-6-4-8-17(10-15)22(27)29-2/h4-11,19H,12-13H2,1-3H3/t19-/m0/s1. The molecule has 0 unspecified atom stereocenters. The molecule has 1 aliphatic rings. The minimum absolute atomic E-state index is 0.110. The van der Waals surface area contributed by atoms with Crippen molar-refractivity contribution in [2.24, 2.45) is 0 Å². The van der Waals surface area contributed by atoms with Gasteiger partial charge >= 0.3 is 11.9 Å². The SMILES string of the molecule is COC(=O)C1=C(C)N(Cc2cccc(C(=O)OC)c2)C(=O)C[C@H]1c1cccc(Cl)c1. The molecule has 0 aromatic heterocycles. The first-order chi connectivity index (χ1) is 14.3. The van der Waals surface area contributed by atoms with Crippen LogP contribution in [0.5, 0.6) is 0 Å². The van der Waals surface area contributed by atoms with E-state index < -0.39 is 17.9 Å². The second kappa shape index (κ2) is 9.13. The van der Waals surface area contributed by atoms with Crippen molar-refractivity contribution in [3.8, 4) is 0 Å². The first kappa shape index (κ1) is 21.6. The molecule has 6 nitrogen and oxygen atoms in total. The van der Waals surface area contributed by atoms with E-state index in [9.17, 15) is 14.4 Å². The Labute approximate surface area is 180 Å². The Hall–Kier alpha value is -3.12. The van der Waals surface area contributed by atoms with Gasteiger partial charge in [0.1, 0.15) is 0 Å². The van der Waals surface area contributed by atoms with Crippen LogP contribution in [-0.4, -0.2) is 37.0 Å². The van der Waals surface area contributed by atoms with Crippen molar-refractivity contribution in [3.05, 3.63) is 81.5 Å². The van der Waals surface area contributed by atoms with E-state index in [1.807, 2.05) is 12.1 Å². The van der Waals surface area contributed by atoms with Crippen LogP contribution in [0, 0.1) is 0 Å². The fourth-order valence-electron chi connectivity index (χ4n) is 3.68. The highest BCUT2D eigenvalue weighted by atomic mass is 35.5. The van der Waals surface area contributed by atoms with Gasteiger partial charge in [0, 0.05) is 23.1 Å². The van der Waals surface area contributed by atoms with Gasteiger partial charge in [-0.2, -0.15) is 0 Å². The molecule has 1 amide bonds. The van der Waals surface area contributed by atoms with Crippen molar-refractivity contribution >= 4 is 29.4 Å². The maximum absolute atomic E-state index is 13.0. The van der Waals surface area contributed by atoms with Crippen LogP contribution >= 0.6 is 11.6 Å². The van der Waals surface area contributed by atoms with Crippen LogP contribution in [0.2, 0.25) is 5.02 Å². The second-order valence-electron chi connectivity index (χ2n) is 6.97. The number of allylic oxidation sites excluding steroid dienone is 1. The molecule has 2 aromatic rings. The molecule has 0 saturated carbocycles. The number of benzene rings is 2. The molecule has 0 bridgehead atoms. The minimum atomic E-state index is -0.488. The summed E-state index contributed by atoms with van der Waals surface area (Å²) in [4.78, 5) is 39.0. The van der Waals surface area contributed by atoms with Crippen molar-refractivity contribution in [1.29, 1.82) is 0 Å². The van der Waals surface area contributed by atoms with Gasteiger partial charge in [0.25, 0.3) is 0 Å². The van der Waals surface area contributed by atoms with E-state index in [1.165, 1.54) is 14.2 Å². The molecule has 1 atom stereocenters. The third-order valence-corrected chi connectivity index (χ3v) is 5.40. The molecule has 1 heterocycles. The fourth-order valence-corrected chi connectivity index (χ4v) is 3.88. The lowest BCUT2D eigenvalue weighted by Gasteiger charge is -2.34. The number of hydrogen-bond acceptors (Lipinski definition) is 5. The van der Waals surface area contributed by atoms with E-state index >= 15 is 0 Å². The number of carbonyl (C=O) groups is 3. The molecule has 30 heavy (non-hydrogen) atoms. The number of halogens is 1. The van der Waals surface area contributed by atoms with Crippen LogP contribution in [0.3, 0.4) is 0 Å². The van der Waals surface area contributed by atoms with E-state index in [4.69, 9.17) is 21.1 Å². The molecule has 7 heteroatoms. The summed E-state index contributed by atoms with van der Waals surface area (Å²) in [5.41, 5.74) is 2.86. The molecule has 0 aliphatic carbocycles. The lowest BCUT2D eigenvalue weighted by Crippen LogP contribution is -2.38. The Morgan fingerprint density at radius 1 is 1.07 bits per heavy atom. The first-order valence-electron chi connectivity index (χ1n) is 9.37. The zero-order valence-electron chi connectivity index (χ0n) is 17.0. The molecule has 0 N–H and O–H groups in total. The summed E-state index contributed by atoms with van der Waals surface area (Å²) in [5.74, 6) is -1.52. The minimum Gasteiger partial charge on any atom is -0.466 e. The van der Waals surface area contributed by atoms with Crippen LogP contribution in [0.25, 0.3) is 0 Å². The van der Waals surface area contributed by atoms with Gasteiger partial charge < -0.3 is 14.4 Å². The topological polar surface area (TPSA) is 72.9 Å². The zero-order valence-corrected chi connectivity index (χ0v) is 17.7. The predicted molar refractivity (Wildman–Crippen MR) is 112 cm³/mol. The molecule has 0 spiro atoms. The van der Waals surface area contributed by atoms with Crippen molar-refractivity contribution < 1.29 is 23.9 Å². The van der Waals surface area contributed by atoms with Gasteiger partial charge in [-0.1, -0.05) is 35.9 Å². The van der Waals surface area contributed by atoms with Gasteiger partial charge in [-0.25, -0.2) is 9.59 Å². The summed E-state index contributed by atoms with van der Waals surface area (Å²) in [5, 5.41) is 0.531. The highest BCUT2D eigenvalue weighted by molar-refractivity contribution is 6.30. The summed E-state index contributed by atoms with van der Waals surface area (Å²) in [6, 6.07) is 14.0. The van der Waals surface area contributed by atoms with Crippen molar-refractivity contribution in [2.75, 3.05) is 14.2 Å². The van der Waals surface area contributed by atoms with Crippen molar-refractivity contribution in [2.45, 2.75) is 25.8 Å². The maximum Gasteiger partial charge on any atom is 0.337 e. The quantitative estimate of drug-likeness (QED) is 0.672. The number of esters is 2. The van der Waals surface area contributed by atoms with E-state index in [1.54, 1.807) is 48.2 Å². The molecule has 3 rings (SSSR count). The largest absolute Gasteiger partial charge is 0.466 e. The summed E-state index contributed by atoms with van der Waals surface area (Å²) >= 11 is 6.12. The Morgan fingerprint density at radius 2 is 1.77 bits per heavy atom. The van der Waals surface area contributed by atoms with Gasteiger partial charge in [-0.3, -0.25) is 4.79 Å². The Balaban J connectivity index is 2.00. The molecule has 2 aromatic carbocycles. The summed E-state index contributed by atoms with van der Waals surface area (Å²) in [6.07, 6.45) is 0.110. The second-order valence-corrected chi connectivity index (χ2v) is 7.41. The molecule has 0 fully saturated rings. The number of amides is 1. The maximum atomic E-state index is 13.0. The number of rotatable bonds is 5. The average molecular weight is 428 g/mol. The van der Waals surface area contributed by atoms with Gasteiger partial charge in [0.05, 0.1) is 31.9 Å². The highest BCUT2D eigenvalue weighted by Crippen LogP contribution is 2.38. The monoisotopic (exact) mass is 427 g/mol. The average Bonchev–Trinajstić information content (AvgIpc) is 2.75. The zero-order chi connectivity index (χ0) is 21.8. The molecular formula is C23H22ClNO5. The normalized spacial score (nSPS) is 16.5. The van der Waals surface area contributed by atoms with E-state index in [0.717, 1.165) is 11.1 Å². The summed E-state index contributed by atoms with van der Waals surface area (Å²) < 4.78 is 9.77. The Morgan fingerprint density at radius 3 is 2.43 bits per heavy atom. The fraction of sp³-hybridized carbons (Fsp3) is 0.261. The van der Waals surface area contributed by atoms with E-state index in [0.29, 0.717) is 21.9 Å². The number of hydrogen-bond donors (Lipinski definition) is 0. The van der Waals surface area contributed by atoms with Gasteiger partial charge in [-0.15, -0.1) is 0 Å². The molecule has 1 aliphatic heterocycles. The van der Waals surface area contributed by atoms with Gasteiger partial charge in [0.2, 0.25) is 5.91 Å². The van der Waals surface area contributed by atoms with Crippen LogP contribution in [0.4, 0.5) is 0 Å². The van der Waals surface area contributed by atoms with Gasteiger partial charge in [0.15, 0.2) is 0 Å². The third kappa shape index (κ3) is 4.39. The number of methoxy groups -OCH3 is 2. The lowest BCUT2D eigenvalue weighted by molar-refractivity contribution is -0.138. The third-order valence-electron chi connectivity index (χ3n) is 5.17. The lowest BCUT2D eigenvalue weighted by atomic mass is 9.83. The molecular weight excluding hydrogens is 406 g/mol. The van der Waals surface area contributed by atoms with E-state index in [2.05, 4.69) is 0 Å². The van der Waals surface area contributed by atoms with Crippen molar-refractivity contribution in [1.82, 2.24) is 4.90 Å².